The quantitative estimate of drug-likeness (QED) is 0.784. The number of piperidine rings is 1. The SMILES string of the molecule is Cc1noc([C@H]2CCN(S(=O)(=O)Cc3ccccc3)C[C@H]2NC(=O)C2CC2)n1. The molecule has 1 N–H and O–H groups in total. The summed E-state index contributed by atoms with van der Waals surface area (Å²) in [7, 11) is -3.49. The molecule has 1 aromatic heterocycles. The minimum absolute atomic E-state index is 0.0199. The van der Waals surface area contributed by atoms with Crippen LogP contribution < -0.4 is 5.32 Å². The van der Waals surface area contributed by atoms with Crippen molar-refractivity contribution < 1.29 is 17.7 Å². The second kappa shape index (κ2) is 7.63. The number of hydrogen-bond donors (Lipinski definition) is 1. The summed E-state index contributed by atoms with van der Waals surface area (Å²) in [6, 6.07) is 8.74. The molecule has 2 aliphatic rings. The van der Waals surface area contributed by atoms with E-state index in [2.05, 4.69) is 15.5 Å². The summed E-state index contributed by atoms with van der Waals surface area (Å²) in [4.78, 5) is 16.7. The van der Waals surface area contributed by atoms with Crippen LogP contribution in [0.2, 0.25) is 0 Å². The second-order valence-electron chi connectivity index (χ2n) is 7.56. The van der Waals surface area contributed by atoms with Gasteiger partial charge in [-0.3, -0.25) is 4.79 Å². The fraction of sp³-hybridized carbons (Fsp3) is 0.526. The van der Waals surface area contributed by atoms with Crippen molar-refractivity contribution in [1.29, 1.82) is 0 Å². The van der Waals surface area contributed by atoms with E-state index in [0.717, 1.165) is 18.4 Å². The normalized spacial score (nSPS) is 23.5. The molecule has 1 saturated heterocycles. The third kappa shape index (κ3) is 4.25. The third-order valence-corrected chi connectivity index (χ3v) is 7.11. The Kier molecular flexibility index (Phi) is 5.20. The molecule has 2 aromatic rings. The van der Waals surface area contributed by atoms with E-state index >= 15 is 0 Å². The standard InChI is InChI=1S/C19H24N4O4S/c1-13-20-19(27-22-13)16-9-10-23(11-17(16)21-18(24)15-7-8-15)28(25,26)12-14-5-3-2-4-6-14/h2-6,15-17H,7-12H2,1H3,(H,21,24)/t16-,17+/m0/s1. The molecule has 0 spiro atoms. The van der Waals surface area contributed by atoms with Gasteiger partial charge in [-0.1, -0.05) is 35.5 Å². The Bertz CT molecular complexity index is 940. The average Bonchev–Trinajstić information content (AvgIpc) is 3.44. The molecule has 9 heteroatoms. The maximum Gasteiger partial charge on any atom is 0.231 e. The van der Waals surface area contributed by atoms with Crippen molar-refractivity contribution in [1.82, 2.24) is 19.8 Å². The molecule has 1 aliphatic heterocycles. The first-order valence-electron chi connectivity index (χ1n) is 9.55. The van der Waals surface area contributed by atoms with Crippen LogP contribution in [0.5, 0.6) is 0 Å². The second-order valence-corrected chi connectivity index (χ2v) is 9.53. The van der Waals surface area contributed by atoms with Gasteiger partial charge in [0.2, 0.25) is 21.8 Å². The highest BCUT2D eigenvalue weighted by Crippen LogP contribution is 2.32. The molecule has 1 aliphatic carbocycles. The minimum Gasteiger partial charge on any atom is -0.351 e. The van der Waals surface area contributed by atoms with E-state index in [4.69, 9.17) is 4.52 Å². The summed E-state index contributed by atoms with van der Waals surface area (Å²) < 4.78 is 32.7. The molecule has 4 rings (SSSR count). The average molecular weight is 404 g/mol. The number of hydrogen-bond acceptors (Lipinski definition) is 6. The Morgan fingerprint density at radius 2 is 2.00 bits per heavy atom. The van der Waals surface area contributed by atoms with E-state index in [1.807, 2.05) is 18.2 Å². The number of benzene rings is 1. The topological polar surface area (TPSA) is 105 Å². The summed E-state index contributed by atoms with van der Waals surface area (Å²) in [6.45, 7) is 2.31. The first kappa shape index (κ1) is 19.1. The van der Waals surface area contributed by atoms with Gasteiger partial charge in [0.25, 0.3) is 0 Å². The smallest absolute Gasteiger partial charge is 0.231 e. The van der Waals surface area contributed by atoms with Gasteiger partial charge in [0, 0.05) is 19.0 Å². The van der Waals surface area contributed by atoms with Crippen LogP contribution in [0.15, 0.2) is 34.9 Å². The molecule has 8 nitrogen and oxygen atoms in total. The maximum atomic E-state index is 12.9. The molecule has 1 amide bonds. The molecule has 0 radical (unpaired) electrons. The van der Waals surface area contributed by atoms with Gasteiger partial charge in [-0.05, 0) is 31.7 Å². The number of sulfonamides is 1. The van der Waals surface area contributed by atoms with Gasteiger partial charge in [-0.15, -0.1) is 0 Å². The summed E-state index contributed by atoms with van der Waals surface area (Å²) in [5.41, 5.74) is 0.746. The van der Waals surface area contributed by atoms with Gasteiger partial charge in [-0.2, -0.15) is 9.29 Å². The number of amides is 1. The number of aryl methyl sites for hydroxylation is 1. The van der Waals surface area contributed by atoms with E-state index < -0.39 is 10.0 Å². The Morgan fingerprint density at radius 3 is 2.64 bits per heavy atom. The van der Waals surface area contributed by atoms with Crippen molar-refractivity contribution >= 4 is 15.9 Å². The van der Waals surface area contributed by atoms with Crippen molar-refractivity contribution in [3.63, 3.8) is 0 Å². The van der Waals surface area contributed by atoms with Crippen molar-refractivity contribution in [2.45, 2.75) is 43.9 Å². The van der Waals surface area contributed by atoms with Gasteiger partial charge in [0.05, 0.1) is 17.7 Å². The fourth-order valence-corrected chi connectivity index (χ4v) is 5.17. The van der Waals surface area contributed by atoms with E-state index in [-0.39, 0.29) is 36.1 Å². The molecule has 2 heterocycles. The molecule has 2 fully saturated rings. The fourth-order valence-electron chi connectivity index (χ4n) is 3.60. The molecule has 28 heavy (non-hydrogen) atoms. The number of carbonyl (C=O) groups is 1. The van der Waals surface area contributed by atoms with Gasteiger partial charge >= 0.3 is 0 Å². The molecule has 0 bridgehead atoms. The molecule has 0 unspecified atom stereocenters. The van der Waals surface area contributed by atoms with Crippen LogP contribution in [-0.4, -0.2) is 47.9 Å². The first-order chi connectivity index (χ1) is 13.4. The summed E-state index contributed by atoms with van der Waals surface area (Å²) in [6.07, 6.45) is 2.29. The lowest BCUT2D eigenvalue weighted by atomic mass is 9.92. The number of aromatic nitrogens is 2. The Labute approximate surface area is 164 Å². The maximum absolute atomic E-state index is 12.9. The highest BCUT2D eigenvalue weighted by Gasteiger charge is 2.40. The molecule has 150 valence electrons. The molecular formula is C19H24N4O4S. The summed E-state index contributed by atoms with van der Waals surface area (Å²) in [5.74, 6) is 0.767. The van der Waals surface area contributed by atoms with Crippen molar-refractivity contribution in [3.8, 4) is 0 Å². The number of nitrogens with zero attached hydrogens (tertiary/aromatic N) is 3. The highest BCUT2D eigenvalue weighted by atomic mass is 32.2. The van der Waals surface area contributed by atoms with Crippen LogP contribution in [0.4, 0.5) is 0 Å². The zero-order chi connectivity index (χ0) is 19.7. The Balaban J connectivity index is 1.52. The monoisotopic (exact) mass is 404 g/mol. The van der Waals surface area contributed by atoms with Gasteiger partial charge < -0.3 is 9.84 Å². The zero-order valence-corrected chi connectivity index (χ0v) is 16.6. The lowest BCUT2D eigenvalue weighted by Crippen LogP contribution is -2.53. The number of carbonyl (C=O) groups excluding carboxylic acids is 1. The minimum atomic E-state index is -3.49. The van der Waals surface area contributed by atoms with Crippen molar-refractivity contribution in [3.05, 3.63) is 47.6 Å². The van der Waals surface area contributed by atoms with Crippen LogP contribution in [0.25, 0.3) is 0 Å². The zero-order valence-electron chi connectivity index (χ0n) is 15.7. The van der Waals surface area contributed by atoms with E-state index in [1.165, 1.54) is 4.31 Å². The van der Waals surface area contributed by atoms with E-state index in [9.17, 15) is 13.2 Å². The predicted molar refractivity (Wildman–Crippen MR) is 102 cm³/mol. The van der Waals surface area contributed by atoms with Crippen LogP contribution in [0.1, 0.15) is 42.5 Å². The predicted octanol–water partition coefficient (Wildman–Crippen LogP) is 1.59. The number of rotatable bonds is 6. The summed E-state index contributed by atoms with van der Waals surface area (Å²) >= 11 is 0. The van der Waals surface area contributed by atoms with Gasteiger partial charge in [0.1, 0.15) is 0 Å². The van der Waals surface area contributed by atoms with Gasteiger partial charge in [0.15, 0.2) is 5.82 Å². The molecular weight excluding hydrogens is 380 g/mol. The van der Waals surface area contributed by atoms with Crippen LogP contribution in [0.3, 0.4) is 0 Å². The van der Waals surface area contributed by atoms with E-state index in [0.29, 0.717) is 24.7 Å². The first-order valence-corrected chi connectivity index (χ1v) is 11.2. The van der Waals surface area contributed by atoms with Gasteiger partial charge in [-0.25, -0.2) is 8.42 Å². The van der Waals surface area contributed by atoms with E-state index in [1.54, 1.807) is 19.1 Å². The molecule has 1 saturated carbocycles. The van der Waals surface area contributed by atoms with Crippen molar-refractivity contribution in [2.75, 3.05) is 13.1 Å². The third-order valence-electron chi connectivity index (χ3n) is 5.30. The Hall–Kier alpha value is -2.26. The van der Waals surface area contributed by atoms with Crippen LogP contribution >= 0.6 is 0 Å². The van der Waals surface area contributed by atoms with Crippen molar-refractivity contribution in [2.24, 2.45) is 5.92 Å². The summed E-state index contributed by atoms with van der Waals surface area (Å²) in [5, 5.41) is 6.88. The Morgan fingerprint density at radius 1 is 1.25 bits per heavy atom. The van der Waals surface area contributed by atoms with Crippen LogP contribution in [-0.2, 0) is 20.6 Å². The highest BCUT2D eigenvalue weighted by molar-refractivity contribution is 7.88. The lowest BCUT2D eigenvalue weighted by molar-refractivity contribution is -0.123. The lowest BCUT2D eigenvalue weighted by Gasteiger charge is -2.36. The molecule has 2 atom stereocenters. The number of nitrogens with one attached hydrogen (secondary N) is 1. The van der Waals surface area contributed by atoms with Crippen LogP contribution in [0, 0.1) is 12.8 Å². The molecule has 1 aromatic carbocycles. The largest absolute Gasteiger partial charge is 0.351 e.